The number of rotatable bonds is 11. The Hall–Kier alpha value is -3.06. The second-order valence-electron chi connectivity index (χ2n) is 8.05. The van der Waals surface area contributed by atoms with Crippen LogP contribution in [-0.2, 0) is 17.8 Å². The van der Waals surface area contributed by atoms with E-state index >= 15 is 0 Å². The van der Waals surface area contributed by atoms with Gasteiger partial charge in [-0.2, -0.15) is 0 Å². The van der Waals surface area contributed by atoms with Crippen LogP contribution in [0.2, 0.25) is 0 Å². The molecule has 0 bridgehead atoms. The van der Waals surface area contributed by atoms with Gasteiger partial charge in [0.2, 0.25) is 0 Å². The lowest BCUT2D eigenvalue weighted by molar-refractivity contribution is -0.119. The van der Waals surface area contributed by atoms with Crippen molar-refractivity contribution in [2.45, 2.75) is 38.8 Å². The van der Waals surface area contributed by atoms with Crippen molar-refractivity contribution in [1.29, 1.82) is 0 Å². The van der Waals surface area contributed by atoms with E-state index in [1.807, 2.05) is 24.3 Å². The van der Waals surface area contributed by atoms with Gasteiger partial charge in [0.25, 0.3) is 5.91 Å². The molecule has 32 heavy (non-hydrogen) atoms. The zero-order chi connectivity index (χ0) is 22.6. The highest BCUT2D eigenvalue weighted by atomic mass is 16.5. The molecule has 0 spiro atoms. The monoisotopic (exact) mass is 437 g/mol. The summed E-state index contributed by atoms with van der Waals surface area (Å²) in [6.07, 6.45) is 3.29. The summed E-state index contributed by atoms with van der Waals surface area (Å²) >= 11 is 0. The first-order valence-electron chi connectivity index (χ1n) is 11.4. The highest BCUT2D eigenvalue weighted by molar-refractivity contribution is 5.79. The van der Waals surface area contributed by atoms with Crippen LogP contribution in [0.25, 0.3) is 0 Å². The van der Waals surface area contributed by atoms with Crippen molar-refractivity contribution in [3.05, 3.63) is 65.7 Å². The molecular weight excluding hydrogens is 402 g/mol. The minimum Gasteiger partial charge on any atom is -0.484 e. The van der Waals surface area contributed by atoms with Gasteiger partial charge in [0.15, 0.2) is 12.6 Å². The smallest absolute Gasteiger partial charge is 0.255 e. The number of likely N-dealkylation sites (tertiary alicyclic amines) is 1. The summed E-state index contributed by atoms with van der Waals surface area (Å²) < 4.78 is 5.30. The normalized spacial score (nSPS) is 16.7. The molecule has 1 heterocycles. The van der Waals surface area contributed by atoms with E-state index in [1.165, 1.54) is 24.0 Å². The molecule has 0 radical (unpaired) electrons. The lowest BCUT2D eigenvalue weighted by Gasteiger charge is -2.23. The molecule has 1 saturated heterocycles. The van der Waals surface area contributed by atoms with Crippen molar-refractivity contribution >= 4 is 11.9 Å². The zero-order valence-corrected chi connectivity index (χ0v) is 18.9. The molecule has 4 N–H and O–H groups in total. The predicted octanol–water partition coefficient (Wildman–Crippen LogP) is 2.31. The topological polar surface area (TPSA) is 92.0 Å². The average Bonchev–Trinajstić information content (AvgIpc) is 3.24. The Kier molecular flexibility index (Phi) is 9.37. The van der Waals surface area contributed by atoms with Crippen molar-refractivity contribution in [3.8, 4) is 5.75 Å². The molecule has 172 valence electrons. The molecular formula is C25H35N5O2. The maximum Gasteiger partial charge on any atom is 0.255 e. The molecule has 0 saturated carbocycles. The fraction of sp³-hybridized carbons (Fsp3) is 0.440. The first-order chi connectivity index (χ1) is 15.6. The Bertz CT molecular complexity index is 854. The van der Waals surface area contributed by atoms with Crippen LogP contribution in [0.15, 0.2) is 59.6 Å². The van der Waals surface area contributed by atoms with E-state index < -0.39 is 5.91 Å². The number of hydrogen-bond donors (Lipinski definition) is 3. The molecule has 0 aromatic heterocycles. The summed E-state index contributed by atoms with van der Waals surface area (Å²) in [6, 6.07) is 18.9. The molecule has 7 heteroatoms. The molecule has 1 fully saturated rings. The molecule has 7 nitrogen and oxygen atoms in total. The number of carbonyl (C=O) groups excluding carboxylic acids is 1. The van der Waals surface area contributed by atoms with E-state index in [2.05, 4.69) is 52.8 Å². The van der Waals surface area contributed by atoms with Gasteiger partial charge in [-0.15, -0.1) is 0 Å². The van der Waals surface area contributed by atoms with E-state index in [4.69, 9.17) is 15.5 Å². The van der Waals surface area contributed by atoms with Crippen LogP contribution >= 0.6 is 0 Å². The van der Waals surface area contributed by atoms with Crippen LogP contribution in [0.1, 0.15) is 30.9 Å². The van der Waals surface area contributed by atoms with Crippen LogP contribution in [0, 0.1) is 0 Å². The van der Waals surface area contributed by atoms with E-state index in [0.29, 0.717) is 11.8 Å². The predicted molar refractivity (Wildman–Crippen MR) is 129 cm³/mol. The highest BCUT2D eigenvalue weighted by Crippen LogP contribution is 2.20. The number of nitrogens with one attached hydrogen (secondary N) is 2. The van der Waals surface area contributed by atoms with E-state index in [0.717, 1.165) is 45.1 Å². The average molecular weight is 438 g/mol. The number of amides is 1. The molecule has 0 aliphatic carbocycles. The van der Waals surface area contributed by atoms with E-state index in [-0.39, 0.29) is 6.61 Å². The Morgan fingerprint density at radius 1 is 1.12 bits per heavy atom. The second-order valence-corrected chi connectivity index (χ2v) is 8.05. The van der Waals surface area contributed by atoms with Gasteiger partial charge in [0.1, 0.15) is 5.75 Å². The van der Waals surface area contributed by atoms with Gasteiger partial charge >= 0.3 is 0 Å². The third-order valence-corrected chi connectivity index (χ3v) is 5.54. The Balaban J connectivity index is 1.46. The third kappa shape index (κ3) is 7.89. The van der Waals surface area contributed by atoms with Gasteiger partial charge in [-0.05, 0) is 56.0 Å². The molecule has 3 rings (SSSR count). The largest absolute Gasteiger partial charge is 0.484 e. The number of aliphatic imine (C=N–C) groups is 1. The third-order valence-electron chi connectivity index (χ3n) is 5.54. The van der Waals surface area contributed by atoms with Crippen LogP contribution in [0.4, 0.5) is 0 Å². The van der Waals surface area contributed by atoms with Crippen LogP contribution in [0.3, 0.4) is 0 Å². The van der Waals surface area contributed by atoms with Crippen molar-refractivity contribution in [2.75, 3.05) is 32.8 Å². The molecule has 2 aromatic rings. The number of ether oxygens (including phenoxy) is 1. The first-order valence-corrected chi connectivity index (χ1v) is 11.4. The molecule has 1 unspecified atom stereocenters. The first kappa shape index (κ1) is 23.6. The molecule has 1 aliphatic rings. The number of nitrogens with two attached hydrogens (primary N) is 1. The Morgan fingerprint density at radius 2 is 1.91 bits per heavy atom. The van der Waals surface area contributed by atoms with Crippen molar-refractivity contribution in [3.63, 3.8) is 0 Å². The summed E-state index contributed by atoms with van der Waals surface area (Å²) in [7, 11) is 0. The van der Waals surface area contributed by atoms with Gasteiger partial charge in [0.05, 0.1) is 6.54 Å². The maximum atomic E-state index is 10.8. The molecule has 1 amide bonds. The number of hydrogen-bond acceptors (Lipinski definition) is 4. The van der Waals surface area contributed by atoms with Gasteiger partial charge in [-0.3, -0.25) is 14.7 Å². The van der Waals surface area contributed by atoms with E-state index in [9.17, 15) is 4.79 Å². The standard InChI is InChI=1S/C25H35N5O2/c1-2-27-25(28-15-14-20-10-12-23(13-11-20)32-19-24(26)31)29-17-22-9-6-16-30(22)18-21-7-4-3-5-8-21/h3-5,7-8,10-13,22H,2,6,9,14-19H2,1H3,(H2,26,31)(H2,27,28,29). The number of carbonyl (C=O) groups is 1. The second kappa shape index (κ2) is 12.7. The minimum absolute atomic E-state index is 0.104. The summed E-state index contributed by atoms with van der Waals surface area (Å²) in [5.41, 5.74) is 7.65. The van der Waals surface area contributed by atoms with Gasteiger partial charge in [0, 0.05) is 25.7 Å². The number of benzene rings is 2. The van der Waals surface area contributed by atoms with Crippen molar-refractivity contribution in [1.82, 2.24) is 15.5 Å². The molecule has 1 aliphatic heterocycles. The summed E-state index contributed by atoms with van der Waals surface area (Å²) in [5.74, 6) is 1.03. The number of nitrogens with zero attached hydrogens (tertiary/aromatic N) is 2. The quantitative estimate of drug-likeness (QED) is 0.371. The van der Waals surface area contributed by atoms with Gasteiger partial charge in [-0.25, -0.2) is 0 Å². The SMILES string of the molecule is CCNC(=NCC1CCCN1Cc1ccccc1)NCCc1ccc(OCC(N)=O)cc1. The van der Waals surface area contributed by atoms with Crippen LogP contribution in [0.5, 0.6) is 5.75 Å². The fourth-order valence-corrected chi connectivity index (χ4v) is 3.90. The van der Waals surface area contributed by atoms with Gasteiger partial charge < -0.3 is 21.1 Å². The summed E-state index contributed by atoms with van der Waals surface area (Å²) in [6.45, 7) is 6.52. The molecule has 1 atom stereocenters. The Morgan fingerprint density at radius 3 is 2.62 bits per heavy atom. The van der Waals surface area contributed by atoms with Crippen LogP contribution in [-0.4, -0.2) is 55.6 Å². The Labute approximate surface area is 191 Å². The summed E-state index contributed by atoms with van der Waals surface area (Å²) in [4.78, 5) is 18.2. The minimum atomic E-state index is -0.477. The van der Waals surface area contributed by atoms with Crippen molar-refractivity contribution in [2.24, 2.45) is 10.7 Å². The lowest BCUT2D eigenvalue weighted by Crippen LogP contribution is -2.40. The maximum absolute atomic E-state index is 10.8. The van der Waals surface area contributed by atoms with Crippen LogP contribution < -0.4 is 21.1 Å². The summed E-state index contributed by atoms with van der Waals surface area (Å²) in [5, 5.41) is 6.79. The van der Waals surface area contributed by atoms with E-state index in [1.54, 1.807) is 0 Å². The zero-order valence-electron chi connectivity index (χ0n) is 18.9. The fourth-order valence-electron chi connectivity index (χ4n) is 3.90. The van der Waals surface area contributed by atoms with Crippen molar-refractivity contribution < 1.29 is 9.53 Å². The highest BCUT2D eigenvalue weighted by Gasteiger charge is 2.24. The lowest BCUT2D eigenvalue weighted by atomic mass is 10.1. The van der Waals surface area contributed by atoms with Gasteiger partial charge in [-0.1, -0.05) is 42.5 Å². The number of guanidine groups is 1. The number of primary amides is 1. The molecule has 2 aromatic carbocycles.